The van der Waals surface area contributed by atoms with Crippen LogP contribution in [-0.2, 0) is 17.9 Å². The molecule has 2 rings (SSSR count). The molecule has 0 fully saturated rings. The summed E-state index contributed by atoms with van der Waals surface area (Å²) in [5.41, 5.74) is 7.28. The van der Waals surface area contributed by atoms with Crippen molar-refractivity contribution < 1.29 is 9.59 Å². The van der Waals surface area contributed by atoms with Crippen LogP contribution in [0.1, 0.15) is 25.0 Å². The monoisotopic (exact) mass is 341 g/mol. The van der Waals surface area contributed by atoms with Gasteiger partial charge in [-0.2, -0.15) is 0 Å². The summed E-state index contributed by atoms with van der Waals surface area (Å²) in [6, 6.07) is 10.6. The van der Waals surface area contributed by atoms with Gasteiger partial charge in [0.25, 0.3) is 0 Å². The molecule has 1 heterocycles. The number of anilines is 1. The summed E-state index contributed by atoms with van der Waals surface area (Å²) < 4.78 is 0. The van der Waals surface area contributed by atoms with Crippen molar-refractivity contribution >= 4 is 17.6 Å². The molecule has 132 valence electrons. The molecule has 2 aromatic rings. The van der Waals surface area contributed by atoms with Crippen molar-refractivity contribution in [2.45, 2.75) is 32.5 Å². The lowest BCUT2D eigenvalue weighted by Gasteiger charge is -2.18. The van der Waals surface area contributed by atoms with E-state index in [1.807, 2.05) is 24.3 Å². The molecule has 25 heavy (non-hydrogen) atoms. The molecule has 0 saturated heterocycles. The van der Waals surface area contributed by atoms with Crippen LogP contribution in [0.15, 0.2) is 48.8 Å². The number of amides is 3. The zero-order chi connectivity index (χ0) is 18.3. The second-order valence-electron chi connectivity index (χ2n) is 6.27. The third-order valence-electron chi connectivity index (χ3n) is 3.43. The topological polar surface area (TPSA) is 109 Å². The number of pyridine rings is 1. The molecule has 7 heteroatoms. The molecule has 0 bridgehead atoms. The summed E-state index contributed by atoms with van der Waals surface area (Å²) in [5, 5.41) is 8.31. The van der Waals surface area contributed by atoms with Gasteiger partial charge in [0.1, 0.15) is 0 Å². The van der Waals surface area contributed by atoms with Gasteiger partial charge in [0, 0.05) is 31.2 Å². The first kappa shape index (κ1) is 18.4. The third kappa shape index (κ3) is 6.23. The van der Waals surface area contributed by atoms with E-state index >= 15 is 0 Å². The van der Waals surface area contributed by atoms with Gasteiger partial charge in [0.2, 0.25) is 5.91 Å². The van der Waals surface area contributed by atoms with E-state index in [-0.39, 0.29) is 11.9 Å². The zero-order valence-electron chi connectivity index (χ0n) is 14.4. The Labute approximate surface area is 147 Å². The Balaban J connectivity index is 1.86. The normalized spacial score (nSPS) is 10.8. The largest absolute Gasteiger partial charge is 0.350 e. The van der Waals surface area contributed by atoms with E-state index in [0.717, 1.165) is 11.1 Å². The van der Waals surface area contributed by atoms with Crippen molar-refractivity contribution in [3.05, 3.63) is 59.9 Å². The summed E-state index contributed by atoms with van der Waals surface area (Å²) in [4.78, 5) is 27.7. The summed E-state index contributed by atoms with van der Waals surface area (Å²) >= 11 is 0. The van der Waals surface area contributed by atoms with Gasteiger partial charge in [0.05, 0.1) is 5.54 Å². The van der Waals surface area contributed by atoms with Gasteiger partial charge < -0.3 is 21.7 Å². The number of nitrogens with two attached hydrogens (primary N) is 1. The Bertz CT molecular complexity index is 726. The number of carbonyl (C=O) groups is 2. The smallest absolute Gasteiger partial charge is 0.319 e. The SMILES string of the molecule is CC(C)(N)C(=O)NCc1cccc(NC(=O)NCc2ccncc2)c1. The van der Waals surface area contributed by atoms with E-state index in [2.05, 4.69) is 20.9 Å². The molecule has 1 aromatic heterocycles. The first-order chi connectivity index (χ1) is 11.8. The molecule has 7 nitrogen and oxygen atoms in total. The lowest BCUT2D eigenvalue weighted by atomic mass is 10.1. The maximum atomic E-state index is 12.0. The number of aromatic nitrogens is 1. The van der Waals surface area contributed by atoms with Crippen molar-refractivity contribution in [2.75, 3.05) is 5.32 Å². The summed E-state index contributed by atoms with van der Waals surface area (Å²) in [6.07, 6.45) is 3.35. The van der Waals surface area contributed by atoms with Crippen LogP contribution in [0.25, 0.3) is 0 Å². The maximum Gasteiger partial charge on any atom is 0.319 e. The fourth-order valence-electron chi connectivity index (χ4n) is 2.03. The third-order valence-corrected chi connectivity index (χ3v) is 3.43. The molecule has 0 atom stereocenters. The molecule has 0 aliphatic carbocycles. The van der Waals surface area contributed by atoms with Crippen molar-refractivity contribution in [3.63, 3.8) is 0 Å². The standard InChI is InChI=1S/C18H23N5O2/c1-18(2,19)16(24)21-12-14-4-3-5-15(10-14)23-17(25)22-11-13-6-8-20-9-7-13/h3-10H,11-12,19H2,1-2H3,(H,21,24)(H2,22,23,25). The van der Waals surface area contributed by atoms with Gasteiger partial charge >= 0.3 is 6.03 Å². The highest BCUT2D eigenvalue weighted by molar-refractivity contribution is 5.89. The molecule has 0 unspecified atom stereocenters. The van der Waals surface area contributed by atoms with Crippen LogP contribution >= 0.6 is 0 Å². The molecular weight excluding hydrogens is 318 g/mol. The predicted octanol–water partition coefficient (Wildman–Crippen LogP) is 1.76. The minimum Gasteiger partial charge on any atom is -0.350 e. The van der Waals surface area contributed by atoms with E-state index in [4.69, 9.17) is 5.73 Å². The Kier molecular flexibility index (Phi) is 6.08. The fourth-order valence-corrected chi connectivity index (χ4v) is 2.03. The second-order valence-corrected chi connectivity index (χ2v) is 6.27. The van der Waals surface area contributed by atoms with Crippen LogP contribution < -0.4 is 21.7 Å². The number of urea groups is 1. The van der Waals surface area contributed by atoms with Crippen molar-refractivity contribution in [2.24, 2.45) is 5.73 Å². The average Bonchev–Trinajstić information content (AvgIpc) is 2.58. The Morgan fingerprint density at radius 2 is 1.72 bits per heavy atom. The second kappa shape index (κ2) is 8.25. The van der Waals surface area contributed by atoms with Gasteiger partial charge in [-0.25, -0.2) is 4.79 Å². The first-order valence-electron chi connectivity index (χ1n) is 7.94. The number of nitrogens with one attached hydrogen (secondary N) is 3. The molecule has 0 aliphatic rings. The van der Waals surface area contributed by atoms with Crippen molar-refractivity contribution in [3.8, 4) is 0 Å². The van der Waals surface area contributed by atoms with Gasteiger partial charge in [-0.3, -0.25) is 9.78 Å². The van der Waals surface area contributed by atoms with E-state index in [9.17, 15) is 9.59 Å². The number of hydrogen-bond acceptors (Lipinski definition) is 4. The zero-order valence-corrected chi connectivity index (χ0v) is 14.4. The van der Waals surface area contributed by atoms with E-state index in [0.29, 0.717) is 18.8 Å². The van der Waals surface area contributed by atoms with Crippen LogP contribution in [0.3, 0.4) is 0 Å². The minimum absolute atomic E-state index is 0.235. The summed E-state index contributed by atoms with van der Waals surface area (Å²) in [6.45, 7) is 4.05. The average molecular weight is 341 g/mol. The molecule has 5 N–H and O–H groups in total. The predicted molar refractivity (Wildman–Crippen MR) is 96.7 cm³/mol. The lowest BCUT2D eigenvalue weighted by Crippen LogP contribution is -2.48. The molecule has 1 aromatic carbocycles. The minimum atomic E-state index is -0.928. The Morgan fingerprint density at radius 3 is 2.40 bits per heavy atom. The fraction of sp³-hybridized carbons (Fsp3) is 0.278. The number of hydrogen-bond donors (Lipinski definition) is 4. The Morgan fingerprint density at radius 1 is 1.04 bits per heavy atom. The van der Waals surface area contributed by atoms with Crippen LogP contribution in [-0.4, -0.2) is 22.5 Å². The van der Waals surface area contributed by atoms with Gasteiger partial charge in [0.15, 0.2) is 0 Å². The van der Waals surface area contributed by atoms with Crippen LogP contribution in [0.2, 0.25) is 0 Å². The van der Waals surface area contributed by atoms with Gasteiger partial charge in [-0.05, 0) is 49.2 Å². The molecule has 0 saturated carbocycles. The highest BCUT2D eigenvalue weighted by atomic mass is 16.2. The molecule has 0 spiro atoms. The quantitative estimate of drug-likeness (QED) is 0.642. The van der Waals surface area contributed by atoms with Crippen molar-refractivity contribution in [1.29, 1.82) is 0 Å². The Hall–Kier alpha value is -2.93. The van der Waals surface area contributed by atoms with Crippen molar-refractivity contribution in [1.82, 2.24) is 15.6 Å². The molecule has 0 aliphatic heterocycles. The number of rotatable bonds is 6. The highest BCUT2D eigenvalue weighted by Crippen LogP contribution is 2.11. The molecule has 3 amide bonds. The lowest BCUT2D eigenvalue weighted by molar-refractivity contribution is -0.125. The first-order valence-corrected chi connectivity index (χ1v) is 7.94. The van der Waals surface area contributed by atoms with E-state index < -0.39 is 5.54 Å². The van der Waals surface area contributed by atoms with Crippen LogP contribution in [0.5, 0.6) is 0 Å². The number of carbonyl (C=O) groups excluding carboxylic acids is 2. The summed E-state index contributed by atoms with van der Waals surface area (Å²) in [7, 11) is 0. The van der Waals surface area contributed by atoms with E-state index in [1.165, 1.54) is 0 Å². The van der Waals surface area contributed by atoms with Gasteiger partial charge in [-0.15, -0.1) is 0 Å². The molecule has 0 radical (unpaired) electrons. The molecular formula is C18H23N5O2. The maximum absolute atomic E-state index is 12.0. The number of benzene rings is 1. The summed E-state index contributed by atoms with van der Waals surface area (Å²) in [5.74, 6) is -0.235. The van der Waals surface area contributed by atoms with Gasteiger partial charge in [-0.1, -0.05) is 12.1 Å². The number of nitrogens with zero attached hydrogens (tertiary/aromatic N) is 1. The highest BCUT2D eigenvalue weighted by Gasteiger charge is 2.21. The van der Waals surface area contributed by atoms with Crippen LogP contribution in [0.4, 0.5) is 10.5 Å². The van der Waals surface area contributed by atoms with Crippen LogP contribution in [0, 0.1) is 0 Å². The van der Waals surface area contributed by atoms with E-state index in [1.54, 1.807) is 38.4 Å².